The zero-order valence-electron chi connectivity index (χ0n) is 11.7. The van der Waals surface area contributed by atoms with Crippen LogP contribution in [-0.4, -0.2) is 68.9 Å². The first-order chi connectivity index (χ1) is 10.7. The fraction of sp³-hybridized carbons (Fsp3) is 0.538. The Morgan fingerprint density at radius 3 is 2.95 bits per heavy atom. The summed E-state index contributed by atoms with van der Waals surface area (Å²) in [6.07, 6.45) is 4.12. The van der Waals surface area contributed by atoms with E-state index in [1.807, 2.05) is 0 Å². The van der Waals surface area contributed by atoms with Crippen molar-refractivity contribution in [1.82, 2.24) is 24.5 Å². The van der Waals surface area contributed by atoms with Crippen LogP contribution in [0.1, 0.15) is 17.0 Å². The number of ether oxygens (including phenoxy) is 2. The predicted octanol–water partition coefficient (Wildman–Crippen LogP) is 0.518. The van der Waals surface area contributed by atoms with Crippen molar-refractivity contribution in [2.24, 2.45) is 0 Å². The van der Waals surface area contributed by atoms with Crippen molar-refractivity contribution in [3.63, 3.8) is 0 Å². The normalized spacial score (nSPS) is 25.2. The molecule has 22 heavy (non-hydrogen) atoms. The van der Waals surface area contributed by atoms with Crippen molar-refractivity contribution in [2.75, 3.05) is 33.0 Å². The van der Waals surface area contributed by atoms with Gasteiger partial charge in [-0.15, -0.1) is 5.10 Å². The summed E-state index contributed by atoms with van der Waals surface area (Å²) in [6.45, 7) is 2.67. The summed E-state index contributed by atoms with van der Waals surface area (Å²) >= 11 is 3.32. The summed E-state index contributed by atoms with van der Waals surface area (Å²) in [4.78, 5) is 23.0. The van der Waals surface area contributed by atoms with Gasteiger partial charge in [0.05, 0.1) is 29.8 Å². The van der Waals surface area contributed by atoms with E-state index >= 15 is 0 Å². The van der Waals surface area contributed by atoms with Crippen LogP contribution in [-0.2, 0) is 9.47 Å². The number of halogens is 1. The van der Waals surface area contributed by atoms with Crippen LogP contribution in [0.4, 0.5) is 0 Å². The number of hydrogen-bond acceptors (Lipinski definition) is 6. The van der Waals surface area contributed by atoms with Gasteiger partial charge in [0, 0.05) is 25.5 Å². The smallest absolute Gasteiger partial charge is 0.294 e. The van der Waals surface area contributed by atoms with Gasteiger partial charge in [-0.25, -0.2) is 9.50 Å². The van der Waals surface area contributed by atoms with Gasteiger partial charge in [-0.3, -0.25) is 4.79 Å². The van der Waals surface area contributed by atoms with E-state index in [0.29, 0.717) is 38.7 Å². The standard InChI is InChI=1S/C13H14BrN5O3/c14-9-5-15-12-16-10(17-19(12)6-9)11(20)18-2-4-22-8-13(18)1-3-21-7-13/h5-6H,1-4,7-8H2. The first-order valence-electron chi connectivity index (χ1n) is 7.03. The van der Waals surface area contributed by atoms with Crippen LogP contribution in [0.5, 0.6) is 0 Å². The molecule has 1 spiro atoms. The Morgan fingerprint density at radius 1 is 1.32 bits per heavy atom. The number of amides is 1. The highest BCUT2D eigenvalue weighted by molar-refractivity contribution is 9.10. The van der Waals surface area contributed by atoms with Gasteiger partial charge in [0.25, 0.3) is 11.7 Å². The summed E-state index contributed by atoms with van der Waals surface area (Å²) < 4.78 is 13.3. The maximum Gasteiger partial charge on any atom is 0.294 e. The number of morpholine rings is 1. The largest absolute Gasteiger partial charge is 0.379 e. The number of nitrogens with zero attached hydrogens (tertiary/aromatic N) is 5. The zero-order valence-corrected chi connectivity index (χ0v) is 13.3. The molecule has 8 nitrogen and oxygen atoms in total. The molecule has 1 atom stereocenters. The quantitative estimate of drug-likeness (QED) is 0.730. The molecule has 2 aliphatic rings. The van der Waals surface area contributed by atoms with Crippen molar-refractivity contribution >= 4 is 27.6 Å². The average molecular weight is 368 g/mol. The lowest BCUT2D eigenvalue weighted by molar-refractivity contribution is -0.0555. The van der Waals surface area contributed by atoms with Gasteiger partial charge in [0.2, 0.25) is 5.82 Å². The Morgan fingerprint density at radius 2 is 2.14 bits per heavy atom. The Balaban J connectivity index is 1.69. The lowest BCUT2D eigenvalue weighted by Gasteiger charge is -2.42. The van der Waals surface area contributed by atoms with Crippen LogP contribution in [0.25, 0.3) is 5.78 Å². The van der Waals surface area contributed by atoms with Gasteiger partial charge >= 0.3 is 0 Å². The minimum Gasteiger partial charge on any atom is -0.379 e. The molecule has 0 radical (unpaired) electrons. The maximum atomic E-state index is 12.9. The second kappa shape index (κ2) is 5.25. The molecule has 2 saturated heterocycles. The fourth-order valence-corrected chi connectivity index (χ4v) is 3.24. The molecule has 0 bridgehead atoms. The third-order valence-corrected chi connectivity index (χ3v) is 4.49. The lowest BCUT2D eigenvalue weighted by Crippen LogP contribution is -2.59. The number of aromatic nitrogens is 4. The molecule has 4 heterocycles. The molecule has 9 heteroatoms. The fourth-order valence-electron chi connectivity index (χ4n) is 2.94. The Hall–Kier alpha value is -1.58. The monoisotopic (exact) mass is 367 g/mol. The summed E-state index contributed by atoms with van der Waals surface area (Å²) in [5.74, 6) is 0.353. The molecule has 1 unspecified atom stereocenters. The molecule has 1 amide bonds. The molecule has 4 rings (SSSR count). The molecular weight excluding hydrogens is 354 g/mol. The summed E-state index contributed by atoms with van der Waals surface area (Å²) in [7, 11) is 0. The highest BCUT2D eigenvalue weighted by Gasteiger charge is 2.46. The number of rotatable bonds is 1. The third kappa shape index (κ3) is 2.20. The second-order valence-corrected chi connectivity index (χ2v) is 6.40. The first kappa shape index (κ1) is 14.0. The number of fused-ring (bicyclic) bond motifs is 1. The van der Waals surface area contributed by atoms with Gasteiger partial charge in [-0.1, -0.05) is 0 Å². The Kier molecular flexibility index (Phi) is 3.35. The SMILES string of the molecule is O=C(c1nc2ncc(Br)cn2n1)N1CCOCC12CCOC2. The summed E-state index contributed by atoms with van der Waals surface area (Å²) in [5.41, 5.74) is -0.388. The molecular formula is C13H14BrN5O3. The van der Waals surface area contributed by atoms with Crippen molar-refractivity contribution < 1.29 is 14.3 Å². The van der Waals surface area contributed by atoms with Gasteiger partial charge < -0.3 is 14.4 Å². The van der Waals surface area contributed by atoms with Crippen molar-refractivity contribution in [3.05, 3.63) is 22.7 Å². The van der Waals surface area contributed by atoms with Gasteiger partial charge in [0.1, 0.15) is 0 Å². The van der Waals surface area contributed by atoms with E-state index in [9.17, 15) is 4.79 Å². The van der Waals surface area contributed by atoms with Gasteiger partial charge in [-0.05, 0) is 22.4 Å². The van der Waals surface area contributed by atoms with E-state index in [4.69, 9.17) is 9.47 Å². The topological polar surface area (TPSA) is 81.9 Å². The van der Waals surface area contributed by atoms with Crippen LogP contribution in [0.2, 0.25) is 0 Å². The maximum absolute atomic E-state index is 12.9. The zero-order chi connectivity index (χ0) is 15.2. The van der Waals surface area contributed by atoms with Crippen molar-refractivity contribution in [3.8, 4) is 0 Å². The summed E-state index contributed by atoms with van der Waals surface area (Å²) in [5, 5.41) is 4.24. The van der Waals surface area contributed by atoms with Gasteiger partial charge in [0.15, 0.2) is 0 Å². The molecule has 0 aliphatic carbocycles. The minimum atomic E-state index is -0.388. The van der Waals surface area contributed by atoms with Crippen LogP contribution >= 0.6 is 15.9 Å². The molecule has 0 aromatic carbocycles. The molecule has 116 valence electrons. The van der Waals surface area contributed by atoms with Crippen LogP contribution in [0.3, 0.4) is 0 Å². The van der Waals surface area contributed by atoms with Gasteiger partial charge in [-0.2, -0.15) is 4.98 Å². The highest BCUT2D eigenvalue weighted by Crippen LogP contribution is 2.30. The molecule has 2 aromatic heterocycles. The molecule has 0 saturated carbocycles. The van der Waals surface area contributed by atoms with Crippen LogP contribution < -0.4 is 0 Å². The molecule has 2 fully saturated rings. The Labute approximate surface area is 134 Å². The average Bonchev–Trinajstić information content (AvgIpc) is 3.14. The first-order valence-corrected chi connectivity index (χ1v) is 7.83. The van der Waals surface area contributed by atoms with E-state index in [-0.39, 0.29) is 17.3 Å². The lowest BCUT2D eigenvalue weighted by atomic mass is 9.95. The van der Waals surface area contributed by atoms with E-state index in [1.54, 1.807) is 17.3 Å². The Bertz CT molecular complexity index is 728. The van der Waals surface area contributed by atoms with E-state index in [1.165, 1.54) is 4.52 Å². The highest BCUT2D eigenvalue weighted by atomic mass is 79.9. The molecule has 2 aromatic rings. The number of hydrogen-bond donors (Lipinski definition) is 0. The second-order valence-electron chi connectivity index (χ2n) is 5.49. The van der Waals surface area contributed by atoms with Crippen LogP contribution in [0, 0.1) is 0 Å². The number of carbonyl (C=O) groups is 1. The van der Waals surface area contributed by atoms with Crippen molar-refractivity contribution in [2.45, 2.75) is 12.0 Å². The van der Waals surface area contributed by atoms with E-state index in [0.717, 1.165) is 10.9 Å². The van der Waals surface area contributed by atoms with Crippen LogP contribution in [0.15, 0.2) is 16.9 Å². The van der Waals surface area contributed by atoms with E-state index in [2.05, 4.69) is 31.0 Å². The minimum absolute atomic E-state index is 0.152. The predicted molar refractivity (Wildman–Crippen MR) is 78.5 cm³/mol. The number of carbonyl (C=O) groups excluding carboxylic acids is 1. The third-order valence-electron chi connectivity index (χ3n) is 4.08. The van der Waals surface area contributed by atoms with E-state index < -0.39 is 0 Å². The van der Waals surface area contributed by atoms with Crippen molar-refractivity contribution in [1.29, 1.82) is 0 Å². The molecule has 2 aliphatic heterocycles. The molecule has 0 N–H and O–H groups in total. The summed E-state index contributed by atoms with van der Waals surface area (Å²) in [6, 6.07) is 0.